The Kier molecular flexibility index (Phi) is 6.71. The lowest BCUT2D eigenvalue weighted by Crippen LogP contribution is -2.38. The minimum atomic E-state index is -0.241. The molecule has 2 aliphatic rings. The normalized spacial score (nSPS) is 17.4. The number of carbonyl (C=O) groups excluding carboxylic acids is 1. The third-order valence-corrected chi connectivity index (χ3v) is 6.79. The number of carbonyl (C=O) groups is 1. The summed E-state index contributed by atoms with van der Waals surface area (Å²) < 4.78 is 12.8. The Balaban J connectivity index is 1.52. The number of nitrogens with zero attached hydrogens (tertiary/aromatic N) is 4. The Morgan fingerprint density at radius 1 is 1.18 bits per heavy atom. The Morgan fingerprint density at radius 2 is 1.97 bits per heavy atom. The van der Waals surface area contributed by atoms with Crippen LogP contribution in [0.3, 0.4) is 0 Å². The molecule has 0 aliphatic carbocycles. The van der Waals surface area contributed by atoms with Crippen molar-refractivity contribution in [1.29, 1.82) is 0 Å². The number of ether oxygens (including phenoxy) is 2. The zero-order chi connectivity index (χ0) is 23.5. The van der Waals surface area contributed by atoms with Gasteiger partial charge in [0.25, 0.3) is 5.91 Å². The number of para-hydroxylation sites is 1. The van der Waals surface area contributed by atoms with Gasteiger partial charge in [0.1, 0.15) is 11.4 Å². The van der Waals surface area contributed by atoms with Gasteiger partial charge in [0.05, 0.1) is 35.4 Å². The highest BCUT2D eigenvalue weighted by Gasteiger charge is 2.28. The monoisotopic (exact) mass is 494 g/mol. The Labute approximate surface area is 207 Å². The molecule has 3 heterocycles. The molecule has 0 unspecified atom stereocenters. The summed E-state index contributed by atoms with van der Waals surface area (Å²) in [5, 5.41) is 6.06. The predicted octanol–water partition coefficient (Wildman–Crippen LogP) is 4.89. The van der Waals surface area contributed by atoms with Crippen molar-refractivity contribution in [3.05, 3.63) is 70.2 Å². The minimum Gasteiger partial charge on any atom is -0.492 e. The number of halogens is 1. The summed E-state index contributed by atoms with van der Waals surface area (Å²) in [6.07, 6.45) is 3.78. The number of morpholine rings is 1. The van der Waals surface area contributed by atoms with Crippen molar-refractivity contribution in [3.8, 4) is 22.7 Å². The number of aromatic nitrogens is 2. The number of thioether (sulfide) groups is 1. The van der Waals surface area contributed by atoms with E-state index in [1.165, 1.54) is 11.8 Å². The number of hydrogen-bond donors (Lipinski definition) is 0. The van der Waals surface area contributed by atoms with E-state index in [1.807, 2.05) is 67.7 Å². The molecule has 174 valence electrons. The van der Waals surface area contributed by atoms with Crippen molar-refractivity contribution < 1.29 is 14.3 Å². The van der Waals surface area contributed by atoms with E-state index in [9.17, 15) is 4.79 Å². The molecule has 3 aromatic rings. The van der Waals surface area contributed by atoms with Gasteiger partial charge < -0.3 is 14.4 Å². The van der Waals surface area contributed by atoms with E-state index in [2.05, 4.69) is 9.89 Å². The van der Waals surface area contributed by atoms with Gasteiger partial charge in [0.15, 0.2) is 5.17 Å². The molecule has 7 nitrogen and oxygen atoms in total. The maximum absolute atomic E-state index is 12.7. The van der Waals surface area contributed by atoms with Gasteiger partial charge in [-0.15, -0.1) is 0 Å². The largest absolute Gasteiger partial charge is 0.492 e. The van der Waals surface area contributed by atoms with Gasteiger partial charge in [0.2, 0.25) is 0 Å². The quantitative estimate of drug-likeness (QED) is 0.470. The van der Waals surface area contributed by atoms with Crippen LogP contribution in [0.4, 0.5) is 0 Å². The van der Waals surface area contributed by atoms with Crippen LogP contribution in [-0.4, -0.2) is 58.7 Å². The van der Waals surface area contributed by atoms with Gasteiger partial charge >= 0.3 is 0 Å². The average molecular weight is 495 g/mol. The molecule has 2 aliphatic heterocycles. The average Bonchev–Trinajstić information content (AvgIpc) is 3.45. The molecule has 1 aromatic heterocycles. The van der Waals surface area contributed by atoms with Crippen molar-refractivity contribution >= 4 is 40.5 Å². The number of benzene rings is 2. The summed E-state index contributed by atoms with van der Waals surface area (Å²) in [5.74, 6) is 0.384. The Morgan fingerprint density at radius 3 is 2.71 bits per heavy atom. The van der Waals surface area contributed by atoms with Gasteiger partial charge in [0, 0.05) is 30.4 Å². The molecule has 1 fully saturated rings. The summed E-state index contributed by atoms with van der Waals surface area (Å²) >= 11 is 7.86. The second-order valence-electron chi connectivity index (χ2n) is 7.70. The molecule has 34 heavy (non-hydrogen) atoms. The van der Waals surface area contributed by atoms with E-state index in [-0.39, 0.29) is 5.91 Å². The topological polar surface area (TPSA) is 68.9 Å². The van der Waals surface area contributed by atoms with Crippen molar-refractivity contribution in [2.45, 2.75) is 6.92 Å². The molecular formula is C25H23ClN4O3S. The number of rotatable bonds is 5. The molecule has 1 amide bonds. The van der Waals surface area contributed by atoms with Crippen LogP contribution in [0.1, 0.15) is 12.5 Å². The number of hydrogen-bond acceptors (Lipinski definition) is 6. The molecule has 1 saturated heterocycles. The summed E-state index contributed by atoms with van der Waals surface area (Å²) in [4.78, 5) is 19.7. The number of amides is 1. The van der Waals surface area contributed by atoms with Crippen LogP contribution in [0.2, 0.25) is 5.02 Å². The lowest BCUT2D eigenvalue weighted by atomic mass is 10.1. The van der Waals surface area contributed by atoms with Crippen molar-refractivity contribution in [3.63, 3.8) is 0 Å². The van der Waals surface area contributed by atoms with Crippen molar-refractivity contribution in [1.82, 2.24) is 14.7 Å². The van der Waals surface area contributed by atoms with Crippen LogP contribution < -0.4 is 4.74 Å². The fourth-order valence-electron chi connectivity index (χ4n) is 3.78. The lowest BCUT2D eigenvalue weighted by Gasteiger charge is -2.27. The zero-order valence-electron chi connectivity index (χ0n) is 18.6. The Hall–Kier alpha value is -3.07. The minimum absolute atomic E-state index is 0.241. The van der Waals surface area contributed by atoms with Gasteiger partial charge in [-0.2, -0.15) is 10.1 Å². The zero-order valence-corrected chi connectivity index (χ0v) is 20.2. The molecule has 9 heteroatoms. The first-order valence-corrected chi connectivity index (χ1v) is 12.2. The fraction of sp³-hybridized carbons (Fsp3) is 0.240. The third kappa shape index (κ3) is 4.75. The van der Waals surface area contributed by atoms with Crippen molar-refractivity contribution in [2.75, 3.05) is 32.9 Å². The van der Waals surface area contributed by atoms with Gasteiger partial charge in [-0.05, 0) is 55.1 Å². The first-order chi connectivity index (χ1) is 16.6. The molecule has 0 spiro atoms. The molecule has 0 radical (unpaired) electrons. The number of aliphatic imine (C=N–C) groups is 1. The summed E-state index contributed by atoms with van der Waals surface area (Å²) in [7, 11) is 0. The summed E-state index contributed by atoms with van der Waals surface area (Å²) in [6, 6.07) is 15.4. The first kappa shape index (κ1) is 22.7. The van der Waals surface area contributed by atoms with Gasteiger partial charge in [-0.25, -0.2) is 4.68 Å². The maximum Gasteiger partial charge on any atom is 0.286 e. The molecule has 0 atom stereocenters. The van der Waals surface area contributed by atoms with Gasteiger partial charge in [-0.1, -0.05) is 29.8 Å². The van der Waals surface area contributed by atoms with Crippen LogP contribution in [0.5, 0.6) is 5.75 Å². The van der Waals surface area contributed by atoms with E-state index in [0.29, 0.717) is 35.5 Å². The lowest BCUT2D eigenvalue weighted by molar-refractivity contribution is -0.113. The highest BCUT2D eigenvalue weighted by Crippen LogP contribution is 2.35. The second-order valence-corrected chi connectivity index (χ2v) is 9.12. The summed E-state index contributed by atoms with van der Waals surface area (Å²) in [5.41, 5.74) is 3.27. The molecule has 5 rings (SSSR count). The van der Waals surface area contributed by atoms with E-state index in [1.54, 1.807) is 4.68 Å². The van der Waals surface area contributed by atoms with E-state index >= 15 is 0 Å². The smallest absolute Gasteiger partial charge is 0.286 e. The number of amidine groups is 1. The molecule has 0 N–H and O–H groups in total. The van der Waals surface area contributed by atoms with E-state index in [0.717, 1.165) is 40.8 Å². The van der Waals surface area contributed by atoms with E-state index in [4.69, 9.17) is 26.2 Å². The highest BCUT2D eigenvalue weighted by atomic mass is 35.5. The highest BCUT2D eigenvalue weighted by molar-refractivity contribution is 8.18. The molecular weight excluding hydrogens is 472 g/mol. The van der Waals surface area contributed by atoms with Crippen molar-refractivity contribution in [2.24, 2.45) is 4.99 Å². The first-order valence-electron chi connectivity index (χ1n) is 11.1. The van der Waals surface area contributed by atoms with Crippen LogP contribution in [0.15, 0.2) is 64.6 Å². The predicted molar refractivity (Wildman–Crippen MR) is 136 cm³/mol. The van der Waals surface area contributed by atoms with Crippen LogP contribution >= 0.6 is 23.4 Å². The second kappa shape index (κ2) is 10.0. The van der Waals surface area contributed by atoms with Crippen LogP contribution in [0, 0.1) is 0 Å². The Bertz CT molecular complexity index is 1270. The summed E-state index contributed by atoms with van der Waals surface area (Å²) in [6.45, 7) is 5.19. The fourth-order valence-corrected chi connectivity index (χ4v) is 4.97. The molecule has 0 bridgehead atoms. The molecule has 0 saturated carbocycles. The standard InChI is InChI=1S/C25H23ClN4O3S/c1-2-33-21-9-8-17(14-20(21)26)23-18(16-30(28-23)19-6-4-3-5-7-19)15-22-24(31)27-25(34-22)29-10-12-32-13-11-29/h3-9,14-16H,2,10-13H2,1H3. The third-order valence-electron chi connectivity index (χ3n) is 5.45. The van der Waals surface area contributed by atoms with Crippen LogP contribution in [0.25, 0.3) is 23.0 Å². The molecule has 2 aromatic carbocycles. The van der Waals surface area contributed by atoms with E-state index < -0.39 is 0 Å². The van der Waals surface area contributed by atoms with Crippen LogP contribution in [-0.2, 0) is 9.53 Å². The maximum atomic E-state index is 12.7. The van der Waals surface area contributed by atoms with Gasteiger partial charge in [-0.3, -0.25) is 4.79 Å². The SMILES string of the molecule is CCOc1ccc(-c2nn(-c3ccccc3)cc2C=C2SC(N3CCOCC3)=NC2=O)cc1Cl.